The van der Waals surface area contributed by atoms with E-state index in [9.17, 15) is 8.78 Å². The molecule has 1 fully saturated rings. The van der Waals surface area contributed by atoms with Crippen LogP contribution in [0.3, 0.4) is 0 Å². The third kappa shape index (κ3) is 5.44. The zero-order valence-corrected chi connectivity index (χ0v) is 19.7. The quantitative estimate of drug-likeness (QED) is 0.402. The topological polar surface area (TPSA) is 84.3 Å². The van der Waals surface area contributed by atoms with Crippen molar-refractivity contribution in [2.24, 2.45) is 0 Å². The first-order chi connectivity index (χ1) is 16.9. The van der Waals surface area contributed by atoms with Crippen LogP contribution in [0.5, 0.6) is 0 Å². The molecule has 0 radical (unpaired) electrons. The first-order valence-electron chi connectivity index (χ1n) is 11.6. The van der Waals surface area contributed by atoms with E-state index in [1.165, 1.54) is 12.1 Å². The molecule has 0 spiro atoms. The third-order valence-corrected chi connectivity index (χ3v) is 6.20. The maximum Gasteiger partial charge on any atom is 0.241 e. The predicted molar refractivity (Wildman–Crippen MR) is 124 cm³/mol. The molecule has 0 saturated carbocycles. The predicted octanol–water partition coefficient (Wildman–Crippen LogP) is 4.39. The molecule has 8 nitrogen and oxygen atoms in total. The average molecular weight is 481 g/mol. The molecule has 3 heterocycles. The second-order valence-corrected chi connectivity index (χ2v) is 8.86. The summed E-state index contributed by atoms with van der Waals surface area (Å²) in [5.41, 5.74) is 2.34. The Morgan fingerprint density at radius 2 is 1.17 bits per heavy atom. The lowest BCUT2D eigenvalue weighted by molar-refractivity contribution is 0.210. The number of aryl methyl sites for hydroxylation is 2. The highest BCUT2D eigenvalue weighted by Gasteiger charge is 2.20. The fraction of sp³-hybridized carbons (Fsp3) is 0.360. The van der Waals surface area contributed by atoms with Crippen molar-refractivity contribution in [1.29, 1.82) is 0 Å². The van der Waals surface area contributed by atoms with E-state index in [1.54, 1.807) is 38.1 Å². The van der Waals surface area contributed by atoms with E-state index in [0.717, 1.165) is 32.6 Å². The number of hydrogen-bond donors (Lipinski definition) is 0. The summed E-state index contributed by atoms with van der Waals surface area (Å²) in [5, 5.41) is 8.03. The van der Waals surface area contributed by atoms with Gasteiger partial charge in [-0.1, -0.05) is 34.6 Å². The Balaban J connectivity index is 1.17. The lowest BCUT2D eigenvalue weighted by atomic mass is 10.1. The van der Waals surface area contributed by atoms with Crippen LogP contribution < -0.4 is 0 Å². The van der Waals surface area contributed by atoms with Gasteiger partial charge in [0.1, 0.15) is 11.6 Å². The standard InChI is InChI=1S/C25H26F2N6O2/c1-16-4-6-18(12-20(16)26)24-28-22(34-30-24)14-32-8-3-9-33(11-10-32)15-23-29-25(31-35-23)19-7-5-17(2)21(27)13-19/h4-7,12-13H,3,8-11,14-15H2,1-2H3. The van der Waals surface area contributed by atoms with E-state index in [-0.39, 0.29) is 11.6 Å². The number of rotatable bonds is 6. The second kappa shape index (κ2) is 10.0. The van der Waals surface area contributed by atoms with Crippen molar-refractivity contribution < 1.29 is 17.8 Å². The van der Waals surface area contributed by atoms with Crippen molar-refractivity contribution in [2.75, 3.05) is 26.2 Å². The molecule has 0 aliphatic carbocycles. The maximum atomic E-state index is 13.9. The summed E-state index contributed by atoms with van der Waals surface area (Å²) in [4.78, 5) is 13.4. The second-order valence-electron chi connectivity index (χ2n) is 8.86. The molecule has 1 aliphatic heterocycles. The van der Waals surface area contributed by atoms with E-state index in [2.05, 4.69) is 30.1 Å². The van der Waals surface area contributed by atoms with Crippen LogP contribution >= 0.6 is 0 Å². The smallest absolute Gasteiger partial charge is 0.241 e. The summed E-state index contributed by atoms with van der Waals surface area (Å²) >= 11 is 0. The first-order valence-corrected chi connectivity index (χ1v) is 11.6. The molecular formula is C25H26F2N6O2. The lowest BCUT2D eigenvalue weighted by Gasteiger charge is -2.19. The SMILES string of the molecule is Cc1ccc(-c2noc(CN3CCCN(Cc4nc(-c5ccc(C)c(F)c5)no4)CC3)n2)cc1F. The first kappa shape index (κ1) is 23.3. The van der Waals surface area contributed by atoms with Crippen LogP contribution in [0.15, 0.2) is 45.4 Å². The van der Waals surface area contributed by atoms with Gasteiger partial charge in [0, 0.05) is 24.2 Å². The van der Waals surface area contributed by atoms with E-state index in [4.69, 9.17) is 9.05 Å². The fourth-order valence-electron chi connectivity index (χ4n) is 4.06. The fourth-order valence-corrected chi connectivity index (χ4v) is 4.06. The molecule has 1 aliphatic rings. The summed E-state index contributed by atoms with van der Waals surface area (Å²) in [7, 11) is 0. The maximum absolute atomic E-state index is 13.9. The van der Waals surface area contributed by atoms with Crippen molar-refractivity contribution in [3.05, 3.63) is 70.9 Å². The molecule has 35 heavy (non-hydrogen) atoms. The molecular weight excluding hydrogens is 454 g/mol. The largest absolute Gasteiger partial charge is 0.338 e. The van der Waals surface area contributed by atoms with Gasteiger partial charge in [-0.05, 0) is 56.6 Å². The molecule has 182 valence electrons. The van der Waals surface area contributed by atoms with Crippen LogP contribution in [0.25, 0.3) is 22.8 Å². The van der Waals surface area contributed by atoms with Crippen LogP contribution in [0, 0.1) is 25.5 Å². The van der Waals surface area contributed by atoms with Gasteiger partial charge in [0.2, 0.25) is 23.4 Å². The van der Waals surface area contributed by atoms with Gasteiger partial charge in [0.25, 0.3) is 0 Å². The molecule has 0 amide bonds. The van der Waals surface area contributed by atoms with E-state index >= 15 is 0 Å². The molecule has 10 heteroatoms. The van der Waals surface area contributed by atoms with Gasteiger partial charge in [-0.15, -0.1) is 0 Å². The highest BCUT2D eigenvalue weighted by Crippen LogP contribution is 2.21. The minimum atomic E-state index is -0.291. The third-order valence-electron chi connectivity index (χ3n) is 6.20. The van der Waals surface area contributed by atoms with Gasteiger partial charge >= 0.3 is 0 Å². The normalized spacial score (nSPS) is 15.4. The number of aromatic nitrogens is 4. The summed E-state index contributed by atoms with van der Waals surface area (Å²) in [6.45, 7) is 7.86. The number of halogens is 2. The van der Waals surface area contributed by atoms with Crippen molar-refractivity contribution in [3.8, 4) is 22.8 Å². The molecule has 2 aromatic carbocycles. The summed E-state index contributed by atoms with van der Waals surface area (Å²) in [6, 6.07) is 9.83. The van der Waals surface area contributed by atoms with Crippen LogP contribution in [0.1, 0.15) is 29.3 Å². The Kier molecular flexibility index (Phi) is 6.65. The Morgan fingerprint density at radius 3 is 1.60 bits per heavy atom. The van der Waals surface area contributed by atoms with Gasteiger partial charge < -0.3 is 9.05 Å². The van der Waals surface area contributed by atoms with E-state index in [0.29, 0.717) is 58.8 Å². The molecule has 0 N–H and O–H groups in total. The Hall–Kier alpha value is -3.50. The monoisotopic (exact) mass is 480 g/mol. The van der Waals surface area contributed by atoms with Gasteiger partial charge in [0.15, 0.2) is 0 Å². The number of benzene rings is 2. The van der Waals surface area contributed by atoms with Crippen molar-refractivity contribution >= 4 is 0 Å². The van der Waals surface area contributed by atoms with Crippen molar-refractivity contribution in [1.82, 2.24) is 30.1 Å². The van der Waals surface area contributed by atoms with Gasteiger partial charge in [-0.3, -0.25) is 9.80 Å². The zero-order chi connectivity index (χ0) is 24.4. The van der Waals surface area contributed by atoms with E-state index < -0.39 is 0 Å². The Labute approximate surface area is 201 Å². The average Bonchev–Trinajstić information content (AvgIpc) is 3.45. The number of hydrogen-bond acceptors (Lipinski definition) is 8. The van der Waals surface area contributed by atoms with Crippen molar-refractivity contribution in [2.45, 2.75) is 33.4 Å². The molecule has 2 aromatic heterocycles. The summed E-state index contributed by atoms with van der Waals surface area (Å²) in [5.74, 6) is 1.19. The van der Waals surface area contributed by atoms with Crippen LogP contribution in [0.2, 0.25) is 0 Å². The molecule has 4 aromatic rings. The minimum Gasteiger partial charge on any atom is -0.338 e. The van der Waals surface area contributed by atoms with Crippen LogP contribution in [0.4, 0.5) is 8.78 Å². The lowest BCUT2D eigenvalue weighted by Crippen LogP contribution is -2.30. The molecule has 0 bridgehead atoms. The molecule has 5 rings (SSSR count). The van der Waals surface area contributed by atoms with E-state index in [1.807, 2.05) is 0 Å². The van der Waals surface area contributed by atoms with Gasteiger partial charge in [0.05, 0.1) is 13.1 Å². The summed E-state index contributed by atoms with van der Waals surface area (Å²) in [6.07, 6.45) is 0.953. The Morgan fingerprint density at radius 1 is 0.714 bits per heavy atom. The highest BCUT2D eigenvalue weighted by molar-refractivity contribution is 5.55. The highest BCUT2D eigenvalue weighted by atomic mass is 19.1. The molecule has 1 saturated heterocycles. The Bertz CT molecular complexity index is 1220. The molecule has 0 unspecified atom stereocenters. The van der Waals surface area contributed by atoms with Gasteiger partial charge in [-0.25, -0.2) is 8.78 Å². The minimum absolute atomic E-state index is 0.291. The molecule has 0 atom stereocenters. The van der Waals surface area contributed by atoms with Crippen LogP contribution in [-0.2, 0) is 13.1 Å². The van der Waals surface area contributed by atoms with Crippen LogP contribution in [-0.4, -0.2) is 56.3 Å². The van der Waals surface area contributed by atoms with Crippen molar-refractivity contribution in [3.63, 3.8) is 0 Å². The summed E-state index contributed by atoms with van der Waals surface area (Å²) < 4.78 is 38.6. The number of nitrogens with zero attached hydrogens (tertiary/aromatic N) is 6. The zero-order valence-electron chi connectivity index (χ0n) is 19.7. The van der Waals surface area contributed by atoms with Gasteiger partial charge in [-0.2, -0.15) is 9.97 Å².